The number of benzene rings is 2. The Morgan fingerprint density at radius 2 is 1.96 bits per heavy atom. The standard InChI is InChI=1S/C21H24FN3O3/c1-24(13-17(27)14-26)11-15-12-25(16-6-4-3-5-7-16)23-21(15)19-9-8-18(28-2)10-20(19)22/h3-10,12,17,26-27H,11,13-14H2,1-2H3/t17-/m0/s1. The molecule has 1 aromatic heterocycles. The highest BCUT2D eigenvalue weighted by Crippen LogP contribution is 2.29. The molecule has 2 N–H and O–H groups in total. The predicted molar refractivity (Wildman–Crippen MR) is 105 cm³/mol. The minimum Gasteiger partial charge on any atom is -0.497 e. The van der Waals surface area contributed by atoms with Gasteiger partial charge in [0.1, 0.15) is 17.3 Å². The lowest BCUT2D eigenvalue weighted by molar-refractivity contribution is 0.0648. The number of rotatable bonds is 8. The van der Waals surface area contributed by atoms with Crippen LogP contribution in [0.1, 0.15) is 5.56 Å². The Balaban J connectivity index is 2.00. The molecular weight excluding hydrogens is 361 g/mol. The number of hydrogen-bond donors (Lipinski definition) is 2. The Morgan fingerprint density at radius 1 is 1.21 bits per heavy atom. The first-order chi connectivity index (χ1) is 13.5. The molecule has 0 radical (unpaired) electrons. The van der Waals surface area contributed by atoms with Crippen molar-refractivity contribution in [2.75, 3.05) is 27.3 Å². The number of para-hydroxylation sites is 1. The Morgan fingerprint density at radius 3 is 2.61 bits per heavy atom. The molecule has 1 atom stereocenters. The number of nitrogens with zero attached hydrogens (tertiary/aromatic N) is 3. The summed E-state index contributed by atoms with van der Waals surface area (Å²) in [4.78, 5) is 1.86. The number of hydrogen-bond acceptors (Lipinski definition) is 5. The summed E-state index contributed by atoms with van der Waals surface area (Å²) in [5, 5.41) is 23.4. The summed E-state index contributed by atoms with van der Waals surface area (Å²) in [6, 6.07) is 14.3. The Kier molecular flexibility index (Phi) is 6.41. The van der Waals surface area contributed by atoms with Crippen LogP contribution in [-0.2, 0) is 6.54 Å². The van der Waals surface area contributed by atoms with Gasteiger partial charge in [-0.1, -0.05) is 18.2 Å². The SMILES string of the molecule is COc1ccc(-c2nn(-c3ccccc3)cc2CN(C)C[C@H](O)CO)c(F)c1. The molecule has 0 saturated carbocycles. The highest BCUT2D eigenvalue weighted by atomic mass is 19.1. The van der Waals surface area contributed by atoms with Crippen LogP contribution in [-0.4, -0.2) is 58.3 Å². The van der Waals surface area contributed by atoms with E-state index in [1.54, 1.807) is 16.8 Å². The molecule has 0 spiro atoms. The maximum Gasteiger partial charge on any atom is 0.136 e. The van der Waals surface area contributed by atoms with Gasteiger partial charge >= 0.3 is 0 Å². The van der Waals surface area contributed by atoms with Crippen LogP contribution in [0.3, 0.4) is 0 Å². The van der Waals surface area contributed by atoms with Gasteiger partial charge < -0.3 is 14.9 Å². The molecule has 0 aliphatic carbocycles. The van der Waals surface area contributed by atoms with Gasteiger partial charge in [-0.25, -0.2) is 9.07 Å². The van der Waals surface area contributed by atoms with Gasteiger partial charge in [-0.3, -0.25) is 4.90 Å². The quantitative estimate of drug-likeness (QED) is 0.623. The van der Waals surface area contributed by atoms with Gasteiger partial charge in [-0.05, 0) is 31.3 Å². The lowest BCUT2D eigenvalue weighted by atomic mass is 10.1. The molecule has 3 rings (SSSR count). The van der Waals surface area contributed by atoms with Crippen molar-refractivity contribution in [1.29, 1.82) is 0 Å². The normalized spacial score (nSPS) is 12.4. The zero-order valence-corrected chi connectivity index (χ0v) is 15.9. The van der Waals surface area contributed by atoms with E-state index in [9.17, 15) is 9.50 Å². The summed E-state index contributed by atoms with van der Waals surface area (Å²) in [5.74, 6) is 0.0189. The van der Waals surface area contributed by atoms with Crippen LogP contribution in [0.15, 0.2) is 54.7 Å². The third-order valence-corrected chi connectivity index (χ3v) is 4.42. The van der Waals surface area contributed by atoms with E-state index < -0.39 is 11.9 Å². The maximum absolute atomic E-state index is 14.7. The molecule has 28 heavy (non-hydrogen) atoms. The highest BCUT2D eigenvalue weighted by molar-refractivity contribution is 5.65. The topological polar surface area (TPSA) is 70.8 Å². The molecule has 1 heterocycles. The van der Waals surface area contributed by atoms with E-state index >= 15 is 0 Å². The number of halogens is 1. The van der Waals surface area contributed by atoms with E-state index in [-0.39, 0.29) is 13.2 Å². The molecule has 2 aromatic carbocycles. The molecule has 0 bridgehead atoms. The largest absolute Gasteiger partial charge is 0.497 e. The average molecular weight is 385 g/mol. The first kappa shape index (κ1) is 20.0. The molecule has 148 valence electrons. The molecule has 0 fully saturated rings. The van der Waals surface area contributed by atoms with E-state index in [0.29, 0.717) is 23.6 Å². The molecule has 0 amide bonds. The summed E-state index contributed by atoms with van der Waals surface area (Å²) in [7, 11) is 3.32. The van der Waals surface area contributed by atoms with Gasteiger partial charge in [0.15, 0.2) is 0 Å². The number of aromatic nitrogens is 2. The highest BCUT2D eigenvalue weighted by Gasteiger charge is 2.18. The average Bonchev–Trinajstić information content (AvgIpc) is 3.11. The predicted octanol–water partition coefficient (Wildman–Crippen LogP) is 2.47. The van der Waals surface area contributed by atoms with E-state index in [0.717, 1.165) is 11.3 Å². The zero-order valence-electron chi connectivity index (χ0n) is 15.9. The molecule has 0 unspecified atom stereocenters. The summed E-state index contributed by atoms with van der Waals surface area (Å²) in [6.45, 7) is 0.413. The molecule has 0 aliphatic heterocycles. The van der Waals surface area contributed by atoms with Gasteiger partial charge in [0, 0.05) is 36.5 Å². The molecular formula is C21H24FN3O3. The fourth-order valence-corrected chi connectivity index (χ4v) is 3.05. The monoisotopic (exact) mass is 385 g/mol. The van der Waals surface area contributed by atoms with Crippen molar-refractivity contribution in [2.45, 2.75) is 12.6 Å². The number of ether oxygens (including phenoxy) is 1. The second kappa shape index (κ2) is 8.97. The number of methoxy groups -OCH3 is 1. The van der Waals surface area contributed by atoms with E-state index in [2.05, 4.69) is 5.10 Å². The lowest BCUT2D eigenvalue weighted by Gasteiger charge is -2.19. The minimum atomic E-state index is -0.838. The summed E-state index contributed by atoms with van der Waals surface area (Å²) >= 11 is 0. The molecule has 3 aromatic rings. The van der Waals surface area contributed by atoms with Crippen LogP contribution in [0, 0.1) is 5.82 Å². The van der Waals surface area contributed by atoms with Crippen molar-refractivity contribution in [3.05, 3.63) is 66.1 Å². The summed E-state index contributed by atoms with van der Waals surface area (Å²) in [6.07, 6.45) is 1.02. The second-order valence-corrected chi connectivity index (χ2v) is 6.66. The van der Waals surface area contributed by atoms with Crippen molar-refractivity contribution < 1.29 is 19.3 Å². The molecule has 7 heteroatoms. The van der Waals surface area contributed by atoms with Gasteiger partial charge in [0.05, 0.1) is 25.5 Å². The first-order valence-electron chi connectivity index (χ1n) is 8.97. The minimum absolute atomic E-state index is 0.289. The van der Waals surface area contributed by atoms with Crippen molar-refractivity contribution in [3.8, 4) is 22.7 Å². The van der Waals surface area contributed by atoms with Crippen molar-refractivity contribution in [1.82, 2.24) is 14.7 Å². The van der Waals surface area contributed by atoms with Gasteiger partial charge in [0.2, 0.25) is 0 Å². The van der Waals surface area contributed by atoms with Crippen molar-refractivity contribution in [3.63, 3.8) is 0 Å². The van der Waals surface area contributed by atoms with Gasteiger partial charge in [0.25, 0.3) is 0 Å². The van der Waals surface area contributed by atoms with Crippen LogP contribution in [0.2, 0.25) is 0 Å². The third kappa shape index (κ3) is 4.56. The zero-order chi connectivity index (χ0) is 20.1. The Labute approximate surface area is 163 Å². The fraction of sp³-hybridized carbons (Fsp3) is 0.286. The van der Waals surface area contributed by atoms with Crippen LogP contribution in [0.25, 0.3) is 16.9 Å². The summed E-state index contributed by atoms with van der Waals surface area (Å²) < 4.78 is 21.5. The van der Waals surface area contributed by atoms with Crippen LogP contribution in [0.5, 0.6) is 5.75 Å². The first-order valence-corrected chi connectivity index (χ1v) is 8.97. The fourth-order valence-electron chi connectivity index (χ4n) is 3.05. The lowest BCUT2D eigenvalue weighted by Crippen LogP contribution is -2.31. The molecule has 6 nitrogen and oxygen atoms in total. The smallest absolute Gasteiger partial charge is 0.136 e. The van der Waals surface area contributed by atoms with Gasteiger partial charge in [-0.15, -0.1) is 0 Å². The van der Waals surface area contributed by atoms with Crippen LogP contribution in [0.4, 0.5) is 4.39 Å². The third-order valence-electron chi connectivity index (χ3n) is 4.42. The molecule has 0 saturated heterocycles. The second-order valence-electron chi connectivity index (χ2n) is 6.66. The number of likely N-dealkylation sites (N-methyl/N-ethyl adjacent to an activating group) is 1. The molecule has 0 aliphatic rings. The van der Waals surface area contributed by atoms with Crippen molar-refractivity contribution >= 4 is 0 Å². The Hall–Kier alpha value is -2.74. The van der Waals surface area contributed by atoms with Crippen LogP contribution < -0.4 is 4.74 Å². The van der Waals surface area contributed by atoms with E-state index in [1.165, 1.54) is 13.2 Å². The Bertz CT molecular complexity index is 915. The maximum atomic E-state index is 14.7. The van der Waals surface area contributed by atoms with E-state index in [4.69, 9.17) is 9.84 Å². The van der Waals surface area contributed by atoms with Crippen molar-refractivity contribution in [2.24, 2.45) is 0 Å². The number of aliphatic hydroxyl groups excluding tert-OH is 2. The van der Waals surface area contributed by atoms with Gasteiger partial charge in [-0.2, -0.15) is 5.10 Å². The summed E-state index contributed by atoms with van der Waals surface area (Å²) in [5.41, 5.74) is 2.57. The van der Waals surface area contributed by atoms with Crippen LogP contribution >= 0.6 is 0 Å². The number of aliphatic hydroxyl groups is 2. The van der Waals surface area contributed by atoms with E-state index in [1.807, 2.05) is 48.5 Å².